The predicted octanol–water partition coefficient (Wildman–Crippen LogP) is 1.46. The molecule has 1 aromatic rings. The second-order valence-corrected chi connectivity index (χ2v) is 4.09. The van der Waals surface area contributed by atoms with Crippen molar-refractivity contribution >= 4 is 11.7 Å². The Kier molecular flexibility index (Phi) is 3.66. The number of nitrogens with one attached hydrogen (secondary N) is 1. The number of nitrogen functional groups attached to an aromatic ring is 1. The quantitative estimate of drug-likeness (QED) is 0.579. The lowest BCUT2D eigenvalue weighted by molar-refractivity contribution is 0.634. The largest absolute Gasteiger partial charge is 0.384 e. The minimum atomic E-state index is 0.0561. The molecule has 0 radical (unpaired) electrons. The Morgan fingerprint density at radius 2 is 2.20 bits per heavy atom. The minimum absolute atomic E-state index is 0.0561. The first-order valence-corrected chi connectivity index (χ1v) is 5.02. The molecule has 0 saturated heterocycles. The van der Waals surface area contributed by atoms with E-state index in [0.29, 0.717) is 11.5 Å². The molecule has 0 aliphatic rings. The van der Waals surface area contributed by atoms with Gasteiger partial charge in [-0.3, -0.25) is 5.41 Å². The number of nitrogens with two attached hydrogens (primary N) is 1. The van der Waals surface area contributed by atoms with Crippen LogP contribution in [0.3, 0.4) is 0 Å². The van der Waals surface area contributed by atoms with Crippen LogP contribution in [0.25, 0.3) is 0 Å². The summed E-state index contributed by atoms with van der Waals surface area (Å²) < 4.78 is 0. The van der Waals surface area contributed by atoms with Gasteiger partial charge < -0.3 is 10.6 Å². The van der Waals surface area contributed by atoms with E-state index < -0.39 is 0 Å². The number of amidine groups is 1. The zero-order valence-corrected chi connectivity index (χ0v) is 9.49. The average Bonchev–Trinajstić information content (AvgIpc) is 2.17. The molecule has 0 aromatic carbocycles. The van der Waals surface area contributed by atoms with Gasteiger partial charge in [-0.05, 0) is 18.1 Å². The first-order chi connectivity index (χ1) is 7.00. The SMILES string of the molecule is CC(C)CN(C)c1ccc(C(=N)N)cn1. The van der Waals surface area contributed by atoms with Gasteiger partial charge in [0, 0.05) is 25.4 Å². The summed E-state index contributed by atoms with van der Waals surface area (Å²) >= 11 is 0. The van der Waals surface area contributed by atoms with Crippen LogP contribution in [0.4, 0.5) is 5.82 Å². The normalized spacial score (nSPS) is 10.4. The fourth-order valence-electron chi connectivity index (χ4n) is 1.41. The van der Waals surface area contributed by atoms with Gasteiger partial charge in [0.05, 0.1) is 0 Å². The molecule has 1 rings (SSSR count). The summed E-state index contributed by atoms with van der Waals surface area (Å²) in [6.45, 7) is 5.30. The Labute approximate surface area is 90.6 Å². The lowest BCUT2D eigenvalue weighted by Gasteiger charge is -2.20. The molecule has 4 nitrogen and oxygen atoms in total. The predicted molar refractivity (Wildman–Crippen MR) is 63.4 cm³/mol. The van der Waals surface area contributed by atoms with Crippen LogP contribution in [0.5, 0.6) is 0 Å². The van der Waals surface area contributed by atoms with Gasteiger partial charge in [0.1, 0.15) is 11.7 Å². The van der Waals surface area contributed by atoms with Crippen LogP contribution in [-0.4, -0.2) is 24.4 Å². The maximum atomic E-state index is 7.25. The standard InChI is InChI=1S/C11H18N4/c1-8(2)7-15(3)10-5-4-9(6-14-10)11(12)13/h4-6,8H,7H2,1-3H3,(H3,12,13). The van der Waals surface area contributed by atoms with E-state index in [4.69, 9.17) is 11.1 Å². The summed E-state index contributed by atoms with van der Waals surface area (Å²) in [5.41, 5.74) is 6.01. The minimum Gasteiger partial charge on any atom is -0.384 e. The van der Waals surface area contributed by atoms with Gasteiger partial charge in [-0.25, -0.2) is 4.98 Å². The van der Waals surface area contributed by atoms with Gasteiger partial charge in [-0.1, -0.05) is 13.8 Å². The Morgan fingerprint density at radius 3 is 2.60 bits per heavy atom. The summed E-state index contributed by atoms with van der Waals surface area (Å²) in [7, 11) is 2.01. The number of nitrogens with zero attached hydrogens (tertiary/aromatic N) is 2. The molecule has 82 valence electrons. The van der Waals surface area contributed by atoms with Gasteiger partial charge in [0.2, 0.25) is 0 Å². The highest BCUT2D eigenvalue weighted by atomic mass is 15.2. The number of hydrogen-bond acceptors (Lipinski definition) is 3. The number of pyridine rings is 1. The van der Waals surface area contributed by atoms with Crippen LogP contribution < -0.4 is 10.6 Å². The van der Waals surface area contributed by atoms with Crippen molar-refractivity contribution in [2.24, 2.45) is 11.7 Å². The molecule has 1 aromatic heterocycles. The molecule has 0 spiro atoms. The van der Waals surface area contributed by atoms with Crippen LogP contribution in [0.2, 0.25) is 0 Å². The van der Waals surface area contributed by atoms with Crippen LogP contribution in [0.1, 0.15) is 19.4 Å². The lowest BCUT2D eigenvalue weighted by Crippen LogP contribution is -2.23. The van der Waals surface area contributed by atoms with Gasteiger partial charge in [0.15, 0.2) is 0 Å². The van der Waals surface area contributed by atoms with Crippen molar-refractivity contribution in [3.63, 3.8) is 0 Å². The molecule has 0 bridgehead atoms. The maximum absolute atomic E-state index is 7.25. The molecular formula is C11H18N4. The van der Waals surface area contributed by atoms with Gasteiger partial charge >= 0.3 is 0 Å². The van der Waals surface area contributed by atoms with Crippen LogP contribution >= 0.6 is 0 Å². The van der Waals surface area contributed by atoms with E-state index in [0.717, 1.165) is 12.4 Å². The van der Waals surface area contributed by atoms with Crippen LogP contribution in [-0.2, 0) is 0 Å². The smallest absolute Gasteiger partial charge is 0.128 e. The molecule has 15 heavy (non-hydrogen) atoms. The molecule has 0 fully saturated rings. The average molecular weight is 206 g/mol. The zero-order chi connectivity index (χ0) is 11.4. The molecule has 1 heterocycles. The van der Waals surface area contributed by atoms with Gasteiger partial charge in [-0.15, -0.1) is 0 Å². The summed E-state index contributed by atoms with van der Waals surface area (Å²) in [5.74, 6) is 1.57. The second-order valence-electron chi connectivity index (χ2n) is 4.09. The molecule has 0 atom stereocenters. The Bertz CT molecular complexity index is 329. The number of hydrogen-bond donors (Lipinski definition) is 2. The van der Waals surface area contributed by atoms with E-state index >= 15 is 0 Å². The molecule has 0 unspecified atom stereocenters. The van der Waals surface area contributed by atoms with E-state index in [1.54, 1.807) is 6.20 Å². The van der Waals surface area contributed by atoms with E-state index in [9.17, 15) is 0 Å². The third-order valence-corrected chi connectivity index (χ3v) is 2.09. The summed E-state index contributed by atoms with van der Waals surface area (Å²) in [6.07, 6.45) is 1.63. The Hall–Kier alpha value is -1.58. The summed E-state index contributed by atoms with van der Waals surface area (Å²) in [5, 5.41) is 7.25. The highest BCUT2D eigenvalue weighted by Gasteiger charge is 2.05. The zero-order valence-electron chi connectivity index (χ0n) is 9.49. The van der Waals surface area contributed by atoms with Crippen molar-refractivity contribution in [2.75, 3.05) is 18.5 Å². The summed E-state index contributed by atoms with van der Waals surface area (Å²) in [6, 6.07) is 3.71. The van der Waals surface area contributed by atoms with Gasteiger partial charge in [-0.2, -0.15) is 0 Å². The fourth-order valence-corrected chi connectivity index (χ4v) is 1.41. The van der Waals surface area contributed by atoms with E-state index in [1.165, 1.54) is 0 Å². The van der Waals surface area contributed by atoms with Crippen LogP contribution in [0, 0.1) is 11.3 Å². The first-order valence-electron chi connectivity index (χ1n) is 5.02. The van der Waals surface area contributed by atoms with E-state index in [2.05, 4.69) is 23.7 Å². The van der Waals surface area contributed by atoms with Crippen molar-refractivity contribution in [1.29, 1.82) is 5.41 Å². The van der Waals surface area contributed by atoms with Crippen molar-refractivity contribution in [3.8, 4) is 0 Å². The molecule has 0 aliphatic carbocycles. The van der Waals surface area contributed by atoms with E-state index in [-0.39, 0.29) is 5.84 Å². The Morgan fingerprint density at radius 1 is 1.53 bits per heavy atom. The number of aromatic nitrogens is 1. The maximum Gasteiger partial charge on any atom is 0.128 e. The molecular weight excluding hydrogens is 188 g/mol. The van der Waals surface area contributed by atoms with Crippen molar-refractivity contribution < 1.29 is 0 Å². The summed E-state index contributed by atoms with van der Waals surface area (Å²) in [4.78, 5) is 6.35. The highest BCUT2D eigenvalue weighted by molar-refractivity contribution is 5.94. The third kappa shape index (κ3) is 3.23. The van der Waals surface area contributed by atoms with Crippen LogP contribution in [0.15, 0.2) is 18.3 Å². The van der Waals surface area contributed by atoms with Crippen molar-refractivity contribution in [3.05, 3.63) is 23.9 Å². The monoisotopic (exact) mass is 206 g/mol. The van der Waals surface area contributed by atoms with Gasteiger partial charge in [0.25, 0.3) is 0 Å². The highest BCUT2D eigenvalue weighted by Crippen LogP contribution is 2.10. The molecule has 0 aliphatic heterocycles. The molecule has 3 N–H and O–H groups in total. The van der Waals surface area contributed by atoms with Crippen molar-refractivity contribution in [2.45, 2.75) is 13.8 Å². The first kappa shape index (κ1) is 11.5. The van der Waals surface area contributed by atoms with Crippen molar-refractivity contribution in [1.82, 2.24) is 4.98 Å². The number of anilines is 1. The lowest BCUT2D eigenvalue weighted by atomic mass is 10.2. The molecule has 0 saturated carbocycles. The topological polar surface area (TPSA) is 66.0 Å². The second kappa shape index (κ2) is 4.77. The fraction of sp³-hybridized carbons (Fsp3) is 0.455. The Balaban J connectivity index is 2.75. The molecule has 4 heteroatoms. The third-order valence-electron chi connectivity index (χ3n) is 2.09. The molecule has 0 amide bonds. The van der Waals surface area contributed by atoms with E-state index in [1.807, 2.05) is 19.2 Å². The number of rotatable bonds is 4.